The summed E-state index contributed by atoms with van der Waals surface area (Å²) in [5.74, 6) is 0. The quantitative estimate of drug-likeness (QED) is 0.457. The van der Waals surface area contributed by atoms with Crippen molar-refractivity contribution in [3.8, 4) is 0 Å². The molecule has 0 aromatic rings. The van der Waals surface area contributed by atoms with Crippen molar-refractivity contribution in [1.82, 2.24) is 0 Å². The predicted octanol–water partition coefficient (Wildman–Crippen LogP) is 4.64. The van der Waals surface area contributed by atoms with Crippen molar-refractivity contribution in [1.29, 1.82) is 0 Å². The first-order valence-corrected chi connectivity index (χ1v) is 8.76. The van der Waals surface area contributed by atoms with E-state index in [4.69, 9.17) is 4.74 Å². The summed E-state index contributed by atoms with van der Waals surface area (Å²) in [5, 5.41) is 13.0. The van der Waals surface area contributed by atoms with Gasteiger partial charge in [-0.05, 0) is 19.3 Å². The number of morpholine rings is 1. The van der Waals surface area contributed by atoms with Crippen molar-refractivity contribution in [3.63, 3.8) is 0 Å². The summed E-state index contributed by atoms with van der Waals surface area (Å²) in [6.45, 7) is 7.26. The SMILES string of the molecule is CCCCC1C[N+](C)([O-])C(CCCC)C(CCCC)O1. The molecule has 0 aromatic heterocycles. The maximum Gasteiger partial charge on any atom is 0.115 e. The van der Waals surface area contributed by atoms with Gasteiger partial charge in [0.2, 0.25) is 0 Å². The Hall–Kier alpha value is -0.120. The van der Waals surface area contributed by atoms with Crippen molar-refractivity contribution in [2.75, 3.05) is 13.6 Å². The molecule has 1 aliphatic rings. The molecule has 1 rings (SSSR count). The average molecular weight is 285 g/mol. The number of rotatable bonds is 9. The van der Waals surface area contributed by atoms with E-state index < -0.39 is 0 Å². The van der Waals surface area contributed by atoms with Gasteiger partial charge in [-0.2, -0.15) is 0 Å². The zero-order valence-corrected chi connectivity index (χ0v) is 14.1. The summed E-state index contributed by atoms with van der Waals surface area (Å²) in [6, 6.07) is 0.152. The largest absolute Gasteiger partial charge is 0.633 e. The number of hydroxylamine groups is 3. The van der Waals surface area contributed by atoms with E-state index in [1.54, 1.807) is 0 Å². The molecule has 0 N–H and O–H groups in total. The highest BCUT2D eigenvalue weighted by atomic mass is 16.6. The molecule has 20 heavy (non-hydrogen) atoms. The van der Waals surface area contributed by atoms with Crippen LogP contribution in [0.25, 0.3) is 0 Å². The van der Waals surface area contributed by atoms with Crippen molar-refractivity contribution in [3.05, 3.63) is 5.21 Å². The Morgan fingerprint density at radius 1 is 0.950 bits per heavy atom. The zero-order chi connectivity index (χ0) is 15.0. The lowest BCUT2D eigenvalue weighted by Crippen LogP contribution is -2.62. The molecule has 120 valence electrons. The van der Waals surface area contributed by atoms with E-state index in [0.717, 1.165) is 32.1 Å². The normalized spacial score (nSPS) is 34.4. The maximum atomic E-state index is 13.0. The van der Waals surface area contributed by atoms with Crippen LogP contribution in [0.5, 0.6) is 0 Å². The van der Waals surface area contributed by atoms with Crippen LogP contribution in [0.3, 0.4) is 0 Å². The van der Waals surface area contributed by atoms with Crippen LogP contribution in [-0.4, -0.2) is 36.5 Å². The molecule has 3 nitrogen and oxygen atoms in total. The van der Waals surface area contributed by atoms with Crippen LogP contribution in [-0.2, 0) is 4.74 Å². The van der Waals surface area contributed by atoms with Crippen LogP contribution in [0.1, 0.15) is 78.6 Å². The Bertz CT molecular complexity index is 255. The molecular formula is C17H35NO2. The molecule has 1 aliphatic heterocycles. The number of hydrogen-bond donors (Lipinski definition) is 0. The number of unbranched alkanes of at least 4 members (excludes halogenated alkanes) is 3. The summed E-state index contributed by atoms with van der Waals surface area (Å²) in [7, 11) is 1.88. The average Bonchev–Trinajstić information content (AvgIpc) is 2.40. The Labute approximate surface area is 125 Å². The number of hydrogen-bond acceptors (Lipinski definition) is 2. The monoisotopic (exact) mass is 285 g/mol. The fraction of sp³-hybridized carbons (Fsp3) is 1.00. The second-order valence-corrected chi connectivity index (χ2v) is 6.65. The van der Waals surface area contributed by atoms with Gasteiger partial charge in [0.1, 0.15) is 24.8 Å². The molecule has 3 heteroatoms. The molecule has 0 amide bonds. The Kier molecular flexibility index (Phi) is 8.08. The van der Waals surface area contributed by atoms with Crippen LogP contribution >= 0.6 is 0 Å². The molecule has 1 fully saturated rings. The molecule has 4 atom stereocenters. The molecule has 0 aromatic carbocycles. The van der Waals surface area contributed by atoms with E-state index in [1.165, 1.54) is 25.7 Å². The Morgan fingerprint density at radius 3 is 2.10 bits per heavy atom. The zero-order valence-electron chi connectivity index (χ0n) is 14.1. The molecular weight excluding hydrogens is 250 g/mol. The molecule has 0 saturated carbocycles. The lowest BCUT2D eigenvalue weighted by molar-refractivity contribution is -0.904. The molecule has 1 heterocycles. The van der Waals surface area contributed by atoms with E-state index in [2.05, 4.69) is 20.8 Å². The first kappa shape index (κ1) is 17.9. The standard InChI is InChI=1S/C17H35NO2/c1-5-8-11-15-14-18(4,19)16(12-9-6-2)17(20-15)13-10-7-3/h15-17H,5-14H2,1-4H3. The van der Waals surface area contributed by atoms with Crippen LogP contribution < -0.4 is 0 Å². The fourth-order valence-electron chi connectivity index (χ4n) is 3.40. The highest BCUT2D eigenvalue weighted by Crippen LogP contribution is 2.31. The van der Waals surface area contributed by atoms with Crippen LogP contribution in [0, 0.1) is 5.21 Å². The van der Waals surface area contributed by atoms with Gasteiger partial charge in [-0.15, -0.1) is 0 Å². The summed E-state index contributed by atoms with van der Waals surface area (Å²) in [4.78, 5) is 0. The van der Waals surface area contributed by atoms with Crippen molar-refractivity contribution in [2.24, 2.45) is 0 Å². The van der Waals surface area contributed by atoms with Gasteiger partial charge in [-0.25, -0.2) is 0 Å². The van der Waals surface area contributed by atoms with Crippen molar-refractivity contribution >= 4 is 0 Å². The Morgan fingerprint density at radius 2 is 1.50 bits per heavy atom. The van der Waals surface area contributed by atoms with E-state index in [-0.39, 0.29) is 22.9 Å². The second kappa shape index (κ2) is 9.01. The lowest BCUT2D eigenvalue weighted by atomic mass is 9.94. The van der Waals surface area contributed by atoms with Gasteiger partial charge in [0.05, 0.1) is 7.05 Å². The van der Waals surface area contributed by atoms with Gasteiger partial charge in [-0.3, -0.25) is 0 Å². The van der Waals surface area contributed by atoms with Gasteiger partial charge in [0, 0.05) is 6.42 Å². The third kappa shape index (κ3) is 5.34. The summed E-state index contributed by atoms with van der Waals surface area (Å²) < 4.78 is 6.24. The van der Waals surface area contributed by atoms with Crippen molar-refractivity contribution in [2.45, 2.75) is 96.8 Å². The third-order valence-electron chi connectivity index (χ3n) is 4.64. The number of likely N-dealkylation sites (N-methyl/N-ethyl adjacent to an activating group) is 1. The molecule has 4 unspecified atom stereocenters. The fourth-order valence-corrected chi connectivity index (χ4v) is 3.40. The molecule has 0 spiro atoms. The first-order valence-electron chi connectivity index (χ1n) is 8.76. The topological polar surface area (TPSA) is 32.3 Å². The highest BCUT2D eigenvalue weighted by Gasteiger charge is 2.40. The van der Waals surface area contributed by atoms with E-state index in [1.807, 2.05) is 7.05 Å². The van der Waals surface area contributed by atoms with Gasteiger partial charge < -0.3 is 14.6 Å². The van der Waals surface area contributed by atoms with Gasteiger partial charge in [0.15, 0.2) is 0 Å². The van der Waals surface area contributed by atoms with Gasteiger partial charge in [0.25, 0.3) is 0 Å². The molecule has 0 aliphatic carbocycles. The number of nitrogens with zero attached hydrogens (tertiary/aromatic N) is 1. The smallest absolute Gasteiger partial charge is 0.115 e. The minimum Gasteiger partial charge on any atom is -0.633 e. The molecule has 0 bridgehead atoms. The molecule has 1 saturated heterocycles. The van der Waals surface area contributed by atoms with Crippen molar-refractivity contribution < 1.29 is 9.38 Å². The van der Waals surface area contributed by atoms with Crippen LogP contribution in [0.2, 0.25) is 0 Å². The second-order valence-electron chi connectivity index (χ2n) is 6.65. The molecule has 0 radical (unpaired) electrons. The summed E-state index contributed by atoms with van der Waals surface area (Å²) >= 11 is 0. The first-order chi connectivity index (χ1) is 9.55. The maximum absolute atomic E-state index is 13.0. The predicted molar refractivity (Wildman–Crippen MR) is 85.4 cm³/mol. The Balaban J connectivity index is 2.68. The summed E-state index contributed by atoms with van der Waals surface area (Å²) in [6.07, 6.45) is 10.5. The minimum absolute atomic E-state index is 0.0806. The number of quaternary nitrogens is 1. The van der Waals surface area contributed by atoms with Gasteiger partial charge in [-0.1, -0.05) is 52.9 Å². The third-order valence-corrected chi connectivity index (χ3v) is 4.64. The van der Waals surface area contributed by atoms with Gasteiger partial charge >= 0.3 is 0 Å². The van der Waals surface area contributed by atoms with Crippen LogP contribution in [0.15, 0.2) is 0 Å². The van der Waals surface area contributed by atoms with Crippen LogP contribution in [0.4, 0.5) is 0 Å². The van der Waals surface area contributed by atoms with E-state index in [0.29, 0.717) is 6.54 Å². The highest BCUT2D eigenvalue weighted by molar-refractivity contribution is 4.80. The summed E-state index contributed by atoms with van der Waals surface area (Å²) in [5.41, 5.74) is 0. The minimum atomic E-state index is -0.0806. The number of ether oxygens (including phenoxy) is 1. The lowest BCUT2D eigenvalue weighted by Gasteiger charge is -2.54. The van der Waals surface area contributed by atoms with E-state index in [9.17, 15) is 5.21 Å². The van der Waals surface area contributed by atoms with E-state index >= 15 is 0 Å².